The minimum Gasteiger partial charge on any atom is -0.493 e. The van der Waals surface area contributed by atoms with E-state index in [0.717, 1.165) is 23.3 Å². The fourth-order valence-corrected chi connectivity index (χ4v) is 7.21. The van der Waals surface area contributed by atoms with Gasteiger partial charge in [0.05, 0.1) is 36.0 Å². The minimum atomic E-state index is -1.01. The summed E-state index contributed by atoms with van der Waals surface area (Å²) in [5.74, 6) is -1.16. The van der Waals surface area contributed by atoms with Crippen LogP contribution in [0.4, 0.5) is 0 Å². The fourth-order valence-electron chi connectivity index (χ4n) is 4.88. The van der Waals surface area contributed by atoms with Gasteiger partial charge in [0.15, 0.2) is 23.0 Å². The molecule has 1 aliphatic rings. The van der Waals surface area contributed by atoms with Crippen LogP contribution in [0.1, 0.15) is 49.1 Å². The van der Waals surface area contributed by atoms with Crippen molar-refractivity contribution in [1.29, 1.82) is 0 Å². The number of methoxy groups -OCH3 is 1. The second kappa shape index (κ2) is 12.4. The van der Waals surface area contributed by atoms with Gasteiger partial charge in [-0.2, -0.15) is 0 Å². The molecule has 0 amide bonds. The normalized spacial score (nSPS) is 12.6. The summed E-state index contributed by atoms with van der Waals surface area (Å²) in [6, 6.07) is 21.1. The third kappa shape index (κ3) is 6.27. The van der Waals surface area contributed by atoms with E-state index in [1.54, 1.807) is 42.5 Å². The molecule has 44 heavy (non-hydrogen) atoms. The zero-order valence-electron chi connectivity index (χ0n) is 23.5. The Kier molecular flexibility index (Phi) is 8.28. The molecule has 1 aliphatic carbocycles. The van der Waals surface area contributed by atoms with E-state index in [1.165, 1.54) is 36.0 Å². The first-order valence-corrected chi connectivity index (χ1v) is 15.5. The summed E-state index contributed by atoms with van der Waals surface area (Å²) in [5, 5.41) is 9.50. The summed E-state index contributed by atoms with van der Waals surface area (Å²) in [5.41, 5.74) is 2.62. The lowest BCUT2D eigenvalue weighted by Gasteiger charge is -2.12. The first-order valence-electron chi connectivity index (χ1n) is 13.8. The molecule has 0 bridgehead atoms. The molecule has 0 unspecified atom stereocenters. The maximum atomic E-state index is 13.4. The van der Waals surface area contributed by atoms with Crippen LogP contribution in [0.15, 0.2) is 83.5 Å². The number of benzene rings is 2. The topological polar surface area (TPSA) is 120 Å². The summed E-state index contributed by atoms with van der Waals surface area (Å²) in [6.45, 7) is 0. The Morgan fingerprint density at radius 1 is 0.818 bits per heavy atom. The smallest absolute Gasteiger partial charge is 0.315 e. The van der Waals surface area contributed by atoms with Gasteiger partial charge >= 0.3 is 11.9 Å². The number of Topliss-reactive ketones (excluding diaryl/α,β-unsaturated/α-hetero) is 1. The highest BCUT2D eigenvalue weighted by Gasteiger charge is 2.32. The lowest BCUT2D eigenvalue weighted by atomic mass is 10.1. The van der Waals surface area contributed by atoms with Crippen molar-refractivity contribution in [2.24, 2.45) is 5.92 Å². The lowest BCUT2D eigenvalue weighted by molar-refractivity contribution is -0.136. The van der Waals surface area contributed by atoms with E-state index < -0.39 is 11.9 Å². The van der Waals surface area contributed by atoms with Crippen molar-refractivity contribution >= 4 is 46.2 Å². The van der Waals surface area contributed by atoms with Crippen LogP contribution in [0, 0.1) is 5.92 Å². The predicted octanol–water partition coefficient (Wildman–Crippen LogP) is 7.34. The van der Waals surface area contributed by atoms with Crippen LogP contribution in [0.2, 0.25) is 0 Å². The van der Waals surface area contributed by atoms with Crippen molar-refractivity contribution in [3.8, 4) is 32.4 Å². The van der Waals surface area contributed by atoms with E-state index in [-0.39, 0.29) is 41.8 Å². The van der Waals surface area contributed by atoms with Crippen molar-refractivity contribution in [2.75, 3.05) is 7.11 Å². The molecule has 1 N–H and O–H groups in total. The average molecular weight is 627 g/mol. The fraction of sp³-hybridized carbons (Fsp3) is 0.176. The van der Waals surface area contributed by atoms with Crippen molar-refractivity contribution in [2.45, 2.75) is 25.7 Å². The van der Waals surface area contributed by atoms with E-state index in [1.807, 2.05) is 30.3 Å². The summed E-state index contributed by atoms with van der Waals surface area (Å²) in [6.07, 6.45) is 2.76. The molecular weight excluding hydrogens is 601 g/mol. The van der Waals surface area contributed by atoms with E-state index >= 15 is 0 Å². The SMILES string of the molecule is COc1ccc(-c2sc(C(=O)C3CC3)cc2CC(=O)O)cc1OC(=O)Cc1cc(C(=O)c2ccco2)sc1-c1ccccc1. The van der Waals surface area contributed by atoms with Gasteiger partial charge in [-0.25, -0.2) is 0 Å². The summed E-state index contributed by atoms with van der Waals surface area (Å²) < 4.78 is 16.6. The second-order valence-corrected chi connectivity index (χ2v) is 12.4. The number of hydrogen-bond donors (Lipinski definition) is 1. The number of furan rings is 1. The van der Waals surface area contributed by atoms with Gasteiger partial charge in [-0.3, -0.25) is 19.2 Å². The average Bonchev–Trinajstić information content (AvgIpc) is 3.37. The molecular formula is C34H26O8S2. The highest BCUT2D eigenvalue weighted by molar-refractivity contribution is 7.18. The molecule has 2 aromatic carbocycles. The highest BCUT2D eigenvalue weighted by atomic mass is 32.1. The number of thiophene rings is 2. The predicted molar refractivity (Wildman–Crippen MR) is 166 cm³/mol. The van der Waals surface area contributed by atoms with Crippen LogP contribution in [0.5, 0.6) is 11.5 Å². The van der Waals surface area contributed by atoms with Crippen molar-refractivity contribution in [1.82, 2.24) is 0 Å². The molecule has 0 atom stereocenters. The van der Waals surface area contributed by atoms with Crippen LogP contribution < -0.4 is 9.47 Å². The maximum Gasteiger partial charge on any atom is 0.315 e. The number of carbonyl (C=O) groups excluding carboxylic acids is 3. The number of ether oxygens (including phenoxy) is 2. The molecule has 0 aliphatic heterocycles. The van der Waals surface area contributed by atoms with Crippen LogP contribution in [-0.4, -0.2) is 35.7 Å². The number of ketones is 2. The molecule has 0 radical (unpaired) electrons. The van der Waals surface area contributed by atoms with Crippen molar-refractivity contribution in [3.63, 3.8) is 0 Å². The third-order valence-corrected chi connectivity index (χ3v) is 9.61. The van der Waals surface area contributed by atoms with Gasteiger partial charge in [0.1, 0.15) is 0 Å². The van der Waals surface area contributed by atoms with Crippen molar-refractivity contribution < 1.29 is 38.2 Å². The third-order valence-electron chi connectivity index (χ3n) is 7.14. The van der Waals surface area contributed by atoms with Gasteiger partial charge in [-0.05, 0) is 77.6 Å². The molecule has 222 valence electrons. The Hall–Kier alpha value is -4.80. The van der Waals surface area contributed by atoms with Gasteiger partial charge in [0.2, 0.25) is 5.78 Å². The van der Waals surface area contributed by atoms with Crippen LogP contribution in [0.25, 0.3) is 20.9 Å². The maximum absolute atomic E-state index is 13.4. The number of carboxylic acids is 1. The number of rotatable bonds is 12. The molecule has 6 rings (SSSR count). The Morgan fingerprint density at radius 2 is 1.52 bits per heavy atom. The number of aliphatic carboxylic acids is 1. The molecule has 1 fully saturated rings. The van der Waals surface area contributed by atoms with Crippen molar-refractivity contribution in [3.05, 3.63) is 106 Å². The van der Waals surface area contributed by atoms with Gasteiger partial charge in [-0.1, -0.05) is 30.3 Å². The molecule has 10 heteroatoms. The number of carboxylic acid groups (broad SMARTS) is 1. The summed E-state index contributed by atoms with van der Waals surface area (Å²) in [7, 11) is 1.46. The number of carbonyl (C=O) groups is 4. The van der Waals surface area contributed by atoms with E-state index in [2.05, 4.69) is 0 Å². The zero-order chi connectivity index (χ0) is 30.8. The Balaban J connectivity index is 1.30. The van der Waals surface area contributed by atoms with Gasteiger partial charge in [-0.15, -0.1) is 22.7 Å². The first-order chi connectivity index (χ1) is 21.3. The zero-order valence-corrected chi connectivity index (χ0v) is 25.2. The van der Waals surface area contributed by atoms with Gasteiger partial charge in [0.25, 0.3) is 0 Å². The summed E-state index contributed by atoms with van der Waals surface area (Å²) in [4.78, 5) is 53.1. The number of esters is 1. The van der Waals surface area contributed by atoms with Gasteiger partial charge in [0, 0.05) is 15.7 Å². The van der Waals surface area contributed by atoms with E-state index in [9.17, 15) is 24.3 Å². The first kappa shape index (κ1) is 29.3. The van der Waals surface area contributed by atoms with E-state index in [4.69, 9.17) is 13.9 Å². The Morgan fingerprint density at radius 3 is 2.20 bits per heavy atom. The quantitative estimate of drug-likeness (QED) is 0.0868. The lowest BCUT2D eigenvalue weighted by Crippen LogP contribution is -2.12. The van der Waals surface area contributed by atoms with Crippen LogP contribution >= 0.6 is 22.7 Å². The Bertz CT molecular complexity index is 1860. The molecule has 1 saturated carbocycles. The minimum absolute atomic E-state index is 0.000616. The standard InChI is InChI=1S/C34H26O8S2/c1-40-24-12-11-21(34-22(17-29(35)36)15-27(43-34)31(38)19-9-10-19)14-26(24)42-30(37)18-23-16-28(32(39)25-8-5-13-41-25)44-33(23)20-6-3-2-4-7-20/h2-8,11-16,19H,9-10,17-18H2,1H3,(H,35,36). The second-order valence-electron chi connectivity index (χ2n) is 10.3. The Labute approximate surface area is 260 Å². The van der Waals surface area contributed by atoms with Crippen LogP contribution in [-0.2, 0) is 22.4 Å². The number of hydrogen-bond acceptors (Lipinski definition) is 9. The monoisotopic (exact) mass is 626 g/mol. The molecule has 5 aromatic rings. The van der Waals surface area contributed by atoms with Crippen LogP contribution in [0.3, 0.4) is 0 Å². The molecule has 0 spiro atoms. The summed E-state index contributed by atoms with van der Waals surface area (Å²) >= 11 is 2.52. The molecule has 3 heterocycles. The molecule has 0 saturated heterocycles. The largest absolute Gasteiger partial charge is 0.493 e. The molecule has 8 nitrogen and oxygen atoms in total. The molecule has 3 aromatic heterocycles. The van der Waals surface area contributed by atoms with E-state index in [0.29, 0.717) is 37.1 Å². The highest BCUT2D eigenvalue weighted by Crippen LogP contribution is 2.42. The van der Waals surface area contributed by atoms with Gasteiger partial charge < -0.3 is 19.0 Å².